The van der Waals surface area contributed by atoms with E-state index in [4.69, 9.17) is 0 Å². The molecule has 1 N–H and O–H groups in total. The number of amides is 2. The second-order valence-electron chi connectivity index (χ2n) is 7.12. The molecule has 1 unspecified atom stereocenters. The molecule has 0 radical (unpaired) electrons. The molecule has 2 amide bonds. The van der Waals surface area contributed by atoms with Gasteiger partial charge in [-0.25, -0.2) is 4.79 Å². The average Bonchev–Trinajstić information content (AvgIpc) is 2.98. The number of rotatable bonds is 3. The van der Waals surface area contributed by atoms with E-state index < -0.39 is 0 Å². The van der Waals surface area contributed by atoms with Crippen molar-refractivity contribution in [3.63, 3.8) is 0 Å². The van der Waals surface area contributed by atoms with Gasteiger partial charge >= 0.3 is 6.03 Å². The summed E-state index contributed by atoms with van der Waals surface area (Å²) < 4.78 is 0. The van der Waals surface area contributed by atoms with Crippen LogP contribution in [0.25, 0.3) is 0 Å². The lowest BCUT2D eigenvalue weighted by atomic mass is 10.0. The number of nitrogens with one attached hydrogen (secondary N) is 1. The first kappa shape index (κ1) is 16.7. The Morgan fingerprint density at radius 2 is 2.00 bits per heavy atom. The lowest BCUT2D eigenvalue weighted by Gasteiger charge is -2.22. The minimum absolute atomic E-state index is 0.0464. The molecule has 4 heteroatoms. The zero-order chi connectivity index (χ0) is 16.2. The lowest BCUT2D eigenvalue weighted by Crippen LogP contribution is -2.33. The van der Waals surface area contributed by atoms with Gasteiger partial charge in [-0.15, -0.1) is 11.8 Å². The maximum absolute atomic E-state index is 12.3. The first-order valence-electron chi connectivity index (χ1n) is 8.95. The van der Waals surface area contributed by atoms with Gasteiger partial charge in [0.05, 0.1) is 0 Å². The van der Waals surface area contributed by atoms with Gasteiger partial charge in [0.2, 0.25) is 0 Å². The van der Waals surface area contributed by atoms with Gasteiger partial charge in [0.15, 0.2) is 0 Å². The van der Waals surface area contributed by atoms with Gasteiger partial charge in [0.25, 0.3) is 0 Å². The van der Waals surface area contributed by atoms with Crippen LogP contribution in [0.4, 0.5) is 10.5 Å². The minimum atomic E-state index is 0.0464. The van der Waals surface area contributed by atoms with Crippen LogP contribution in [-0.4, -0.2) is 29.3 Å². The fourth-order valence-electron chi connectivity index (χ4n) is 3.54. The van der Waals surface area contributed by atoms with Crippen molar-refractivity contribution in [2.24, 2.45) is 5.92 Å². The third-order valence-corrected chi connectivity index (χ3v) is 6.34. The van der Waals surface area contributed by atoms with E-state index in [1.165, 1.54) is 37.0 Å². The Bertz CT molecular complexity index is 554. The summed E-state index contributed by atoms with van der Waals surface area (Å²) in [6.45, 7) is 6.05. The summed E-state index contributed by atoms with van der Waals surface area (Å²) in [6.07, 6.45) is 7.95. The zero-order valence-electron chi connectivity index (χ0n) is 14.3. The van der Waals surface area contributed by atoms with E-state index in [1.54, 1.807) is 0 Å². The number of hydrogen-bond donors (Lipinski definition) is 1. The van der Waals surface area contributed by atoms with Crippen molar-refractivity contribution in [2.45, 2.75) is 62.5 Å². The second-order valence-corrected chi connectivity index (χ2v) is 8.50. The Morgan fingerprint density at radius 1 is 1.22 bits per heavy atom. The van der Waals surface area contributed by atoms with Crippen molar-refractivity contribution in [2.75, 3.05) is 18.4 Å². The number of carbonyl (C=O) groups excluding carboxylic acids is 1. The highest BCUT2D eigenvalue weighted by atomic mass is 32.2. The number of anilines is 1. The van der Waals surface area contributed by atoms with Gasteiger partial charge in [-0.05, 0) is 55.9 Å². The normalized spacial score (nSPS) is 22.3. The van der Waals surface area contributed by atoms with Crippen molar-refractivity contribution >= 4 is 23.5 Å². The molecule has 1 saturated heterocycles. The van der Waals surface area contributed by atoms with E-state index in [-0.39, 0.29) is 6.03 Å². The van der Waals surface area contributed by atoms with Crippen LogP contribution in [0.1, 0.15) is 51.0 Å². The van der Waals surface area contributed by atoms with E-state index in [2.05, 4.69) is 37.4 Å². The molecule has 1 saturated carbocycles. The van der Waals surface area contributed by atoms with Gasteiger partial charge in [-0.3, -0.25) is 0 Å². The number of urea groups is 1. The van der Waals surface area contributed by atoms with E-state index in [1.807, 2.05) is 16.7 Å². The predicted octanol–water partition coefficient (Wildman–Crippen LogP) is 5.29. The number of hydrogen-bond acceptors (Lipinski definition) is 2. The van der Waals surface area contributed by atoms with Crippen LogP contribution < -0.4 is 5.32 Å². The van der Waals surface area contributed by atoms with E-state index >= 15 is 0 Å². The molecule has 1 heterocycles. The third-order valence-electron chi connectivity index (χ3n) is 5.01. The molecule has 0 aromatic heterocycles. The van der Waals surface area contributed by atoms with Gasteiger partial charge < -0.3 is 10.2 Å². The number of carbonyl (C=O) groups is 1. The Labute approximate surface area is 144 Å². The Kier molecular flexibility index (Phi) is 5.52. The molecular formula is C19H28N2OS. The molecule has 1 aromatic rings. The van der Waals surface area contributed by atoms with Crippen molar-refractivity contribution < 1.29 is 4.79 Å². The van der Waals surface area contributed by atoms with Gasteiger partial charge in [0.1, 0.15) is 0 Å². The molecule has 1 aromatic carbocycles. The number of thioether (sulfide) groups is 1. The van der Waals surface area contributed by atoms with Crippen LogP contribution in [-0.2, 0) is 0 Å². The van der Waals surface area contributed by atoms with E-state index in [0.29, 0.717) is 5.92 Å². The largest absolute Gasteiger partial charge is 0.324 e. The molecule has 0 bridgehead atoms. The van der Waals surface area contributed by atoms with Gasteiger partial charge in [-0.1, -0.05) is 26.2 Å². The molecule has 2 aliphatic rings. The summed E-state index contributed by atoms with van der Waals surface area (Å²) in [4.78, 5) is 15.6. The summed E-state index contributed by atoms with van der Waals surface area (Å²) in [5.74, 6) is 0.621. The number of aryl methyl sites for hydroxylation is 1. The zero-order valence-corrected chi connectivity index (χ0v) is 15.1. The van der Waals surface area contributed by atoms with Crippen molar-refractivity contribution in [3.05, 3.63) is 23.8 Å². The molecule has 1 atom stereocenters. The lowest BCUT2D eigenvalue weighted by molar-refractivity contribution is 0.221. The average molecular weight is 333 g/mol. The topological polar surface area (TPSA) is 32.3 Å². The van der Waals surface area contributed by atoms with Crippen LogP contribution in [0, 0.1) is 12.8 Å². The number of benzene rings is 1. The monoisotopic (exact) mass is 332 g/mol. The van der Waals surface area contributed by atoms with Gasteiger partial charge in [-0.2, -0.15) is 0 Å². The SMILES string of the molecule is Cc1cc(SC2CCCCC2)ccc1NC(=O)N1CCC(C)C1. The highest BCUT2D eigenvalue weighted by Gasteiger charge is 2.23. The minimum Gasteiger partial charge on any atom is -0.324 e. The summed E-state index contributed by atoms with van der Waals surface area (Å²) in [7, 11) is 0. The number of nitrogens with zero attached hydrogens (tertiary/aromatic N) is 1. The van der Waals surface area contributed by atoms with Gasteiger partial charge in [0, 0.05) is 28.9 Å². The van der Waals surface area contributed by atoms with E-state index in [9.17, 15) is 4.79 Å². The van der Waals surface area contributed by atoms with Crippen LogP contribution in [0.15, 0.2) is 23.1 Å². The molecule has 1 aliphatic heterocycles. The van der Waals surface area contributed by atoms with Crippen molar-refractivity contribution in [3.8, 4) is 0 Å². The Balaban J connectivity index is 1.59. The first-order chi connectivity index (χ1) is 11.1. The summed E-state index contributed by atoms with van der Waals surface area (Å²) >= 11 is 2.01. The second kappa shape index (κ2) is 7.61. The molecule has 2 fully saturated rings. The first-order valence-corrected chi connectivity index (χ1v) is 9.83. The highest BCUT2D eigenvalue weighted by molar-refractivity contribution is 8.00. The smallest absolute Gasteiger partial charge is 0.321 e. The fourth-order valence-corrected chi connectivity index (χ4v) is 4.88. The maximum atomic E-state index is 12.3. The van der Waals surface area contributed by atoms with E-state index in [0.717, 1.165) is 36.0 Å². The van der Waals surface area contributed by atoms with Crippen LogP contribution in [0.5, 0.6) is 0 Å². The van der Waals surface area contributed by atoms with Crippen LogP contribution >= 0.6 is 11.8 Å². The molecule has 0 spiro atoms. The summed E-state index contributed by atoms with van der Waals surface area (Å²) in [5, 5.41) is 3.85. The summed E-state index contributed by atoms with van der Waals surface area (Å²) in [5.41, 5.74) is 2.11. The van der Waals surface area contributed by atoms with Crippen LogP contribution in [0.3, 0.4) is 0 Å². The predicted molar refractivity (Wildman–Crippen MR) is 98.3 cm³/mol. The quantitative estimate of drug-likeness (QED) is 0.815. The molecule has 3 rings (SSSR count). The Morgan fingerprint density at radius 3 is 2.65 bits per heavy atom. The molecule has 3 nitrogen and oxygen atoms in total. The van der Waals surface area contributed by atoms with Crippen LogP contribution in [0.2, 0.25) is 0 Å². The maximum Gasteiger partial charge on any atom is 0.321 e. The van der Waals surface area contributed by atoms with Crippen molar-refractivity contribution in [1.82, 2.24) is 4.90 Å². The Hall–Kier alpha value is -1.16. The molecular weight excluding hydrogens is 304 g/mol. The van der Waals surface area contributed by atoms with Crippen molar-refractivity contribution in [1.29, 1.82) is 0 Å². The third kappa shape index (κ3) is 4.43. The number of likely N-dealkylation sites (tertiary alicyclic amines) is 1. The fraction of sp³-hybridized carbons (Fsp3) is 0.632. The molecule has 126 valence electrons. The standard InChI is InChI=1S/C19H28N2OS/c1-14-10-11-21(13-14)19(22)20-18-9-8-17(12-15(18)2)23-16-6-4-3-5-7-16/h8-9,12,14,16H,3-7,10-11,13H2,1-2H3,(H,20,22). The highest BCUT2D eigenvalue weighted by Crippen LogP contribution is 2.35. The molecule has 1 aliphatic carbocycles. The molecule has 23 heavy (non-hydrogen) atoms. The summed E-state index contributed by atoms with van der Waals surface area (Å²) in [6, 6.07) is 6.50.